The van der Waals surface area contributed by atoms with E-state index in [1.54, 1.807) is 0 Å². The van der Waals surface area contributed by atoms with Crippen molar-refractivity contribution in [1.29, 1.82) is 0 Å². The maximum atomic E-state index is 7.24. The summed E-state index contributed by atoms with van der Waals surface area (Å²) in [5, 5.41) is 8.88. The Morgan fingerprint density at radius 1 is 0.625 bits per heavy atom. The summed E-state index contributed by atoms with van der Waals surface area (Å²) in [5.74, 6) is 0. The van der Waals surface area contributed by atoms with E-state index in [2.05, 4.69) is 139 Å². The molecule has 8 rings (SSSR count). The van der Waals surface area contributed by atoms with Crippen LogP contribution in [0.4, 0.5) is 0 Å². The third-order valence-corrected chi connectivity index (χ3v) is 8.90. The van der Waals surface area contributed by atoms with Crippen LogP contribution in [0.5, 0.6) is 0 Å². The average molecular weight is 515 g/mol. The summed E-state index contributed by atoms with van der Waals surface area (Å²) < 4.78 is 2.44. The first-order valence-corrected chi connectivity index (χ1v) is 14.1. The Balaban J connectivity index is 1.29. The number of aromatic nitrogens is 1. The normalized spacial score (nSPS) is 14.7. The van der Waals surface area contributed by atoms with E-state index in [0.717, 1.165) is 24.0 Å². The maximum Gasteiger partial charge on any atom is 0.0637 e. The molecule has 0 saturated heterocycles. The molecule has 1 aliphatic carbocycles. The van der Waals surface area contributed by atoms with E-state index in [9.17, 15) is 0 Å². The van der Waals surface area contributed by atoms with Crippen molar-refractivity contribution < 1.29 is 0 Å². The van der Waals surface area contributed by atoms with Crippen LogP contribution >= 0.6 is 0 Å². The van der Waals surface area contributed by atoms with Gasteiger partial charge >= 0.3 is 0 Å². The molecule has 2 heteroatoms. The zero-order valence-corrected chi connectivity index (χ0v) is 22.6. The molecule has 0 amide bonds. The minimum Gasteiger partial charge on any atom is -0.318 e. The van der Waals surface area contributed by atoms with Crippen LogP contribution in [0.2, 0.25) is 0 Å². The minimum atomic E-state index is -0.661. The Morgan fingerprint density at radius 3 is 2.20 bits per heavy atom. The zero-order chi connectivity index (χ0) is 26.8. The van der Waals surface area contributed by atoms with Gasteiger partial charge in [0, 0.05) is 22.3 Å². The second-order valence-electron chi connectivity index (χ2n) is 11.3. The monoisotopic (exact) mass is 514 g/mol. The van der Waals surface area contributed by atoms with E-state index < -0.39 is 5.54 Å². The molecule has 2 N–H and O–H groups in total. The number of nitrogens with two attached hydrogens (primary N) is 1. The number of para-hydroxylation sites is 1. The summed E-state index contributed by atoms with van der Waals surface area (Å²) in [5.41, 5.74) is 13.9. The van der Waals surface area contributed by atoms with E-state index in [1.807, 2.05) is 0 Å². The third kappa shape index (κ3) is 3.40. The molecule has 0 radical (unpaired) electrons. The molecule has 1 unspecified atom stereocenters. The fourth-order valence-corrected chi connectivity index (χ4v) is 6.74. The highest BCUT2D eigenvalue weighted by atomic mass is 15.0. The van der Waals surface area contributed by atoms with Crippen LogP contribution in [0, 0.1) is 0 Å². The second kappa shape index (κ2) is 8.67. The topological polar surface area (TPSA) is 30.9 Å². The van der Waals surface area contributed by atoms with Gasteiger partial charge in [0.25, 0.3) is 0 Å². The van der Waals surface area contributed by atoms with Gasteiger partial charge in [-0.1, -0.05) is 103 Å². The Morgan fingerprint density at radius 2 is 1.32 bits per heavy atom. The van der Waals surface area contributed by atoms with Crippen LogP contribution in [-0.4, -0.2) is 4.57 Å². The van der Waals surface area contributed by atoms with Crippen molar-refractivity contribution in [1.82, 2.24) is 4.57 Å². The lowest BCUT2D eigenvalue weighted by Crippen LogP contribution is -2.34. The molecule has 192 valence electrons. The quantitative estimate of drug-likeness (QED) is 0.234. The first kappa shape index (κ1) is 23.2. The third-order valence-electron chi connectivity index (χ3n) is 8.90. The summed E-state index contributed by atoms with van der Waals surface area (Å²) in [6.07, 6.45) is 6.69. The standard InChI is InChI=1S/C38H30N2/c1-38(39,28-20-17-26-19-21-31-30-12-3-2-9-25(30)18-22-32(31)35(26)24-28)27-10-8-11-29(23-27)40-36-15-6-4-13-33(36)34-14-5-7-16-37(34)40/h2-6,8-15,17-24H,7,16,39H2,1H3. The lowest BCUT2D eigenvalue weighted by molar-refractivity contribution is 0.603. The van der Waals surface area contributed by atoms with Gasteiger partial charge in [0.1, 0.15) is 0 Å². The van der Waals surface area contributed by atoms with Crippen molar-refractivity contribution in [3.63, 3.8) is 0 Å². The lowest BCUT2D eigenvalue weighted by Gasteiger charge is -2.27. The van der Waals surface area contributed by atoms with Gasteiger partial charge in [0.2, 0.25) is 0 Å². The van der Waals surface area contributed by atoms with Gasteiger partial charge in [-0.25, -0.2) is 0 Å². The van der Waals surface area contributed by atoms with Gasteiger partial charge < -0.3 is 10.3 Å². The predicted molar refractivity (Wildman–Crippen MR) is 170 cm³/mol. The van der Waals surface area contributed by atoms with Crippen LogP contribution in [0.3, 0.4) is 0 Å². The van der Waals surface area contributed by atoms with Gasteiger partial charge in [-0.3, -0.25) is 0 Å². The molecular weight excluding hydrogens is 484 g/mol. The van der Waals surface area contributed by atoms with Crippen LogP contribution in [0.15, 0.2) is 121 Å². The summed E-state index contributed by atoms with van der Waals surface area (Å²) >= 11 is 0. The smallest absolute Gasteiger partial charge is 0.0637 e. The molecule has 1 atom stereocenters. The molecule has 0 saturated carbocycles. The summed E-state index contributed by atoms with van der Waals surface area (Å²) in [7, 11) is 0. The van der Waals surface area contributed by atoms with Crippen LogP contribution < -0.4 is 5.73 Å². The van der Waals surface area contributed by atoms with Gasteiger partial charge in [-0.2, -0.15) is 0 Å². The largest absolute Gasteiger partial charge is 0.318 e. The van der Waals surface area contributed by atoms with E-state index in [0.29, 0.717) is 0 Å². The number of fused-ring (bicyclic) bond motifs is 8. The Kier molecular flexibility index (Phi) is 5.04. The van der Waals surface area contributed by atoms with E-state index in [-0.39, 0.29) is 0 Å². The molecule has 1 aliphatic rings. The first-order chi connectivity index (χ1) is 19.6. The average Bonchev–Trinajstić information content (AvgIpc) is 3.35. The van der Waals surface area contributed by atoms with Crippen molar-refractivity contribution in [2.45, 2.75) is 25.3 Å². The zero-order valence-electron chi connectivity index (χ0n) is 22.6. The summed E-state index contributed by atoms with van der Waals surface area (Å²) in [6.45, 7) is 2.14. The SMILES string of the molecule is CC(N)(c1cccc(-n2c3c(c4ccccc42)C=CCC3)c1)c1ccc2ccc3c4ccccc4ccc3c2c1. The maximum absolute atomic E-state index is 7.24. The van der Waals surface area contributed by atoms with Crippen LogP contribution in [0.1, 0.15) is 35.7 Å². The van der Waals surface area contributed by atoms with E-state index in [4.69, 9.17) is 5.73 Å². The number of hydrogen-bond donors (Lipinski definition) is 1. The van der Waals surface area contributed by atoms with Crippen LogP contribution in [0.25, 0.3) is 55.0 Å². The van der Waals surface area contributed by atoms with E-state index in [1.165, 1.54) is 60.2 Å². The minimum absolute atomic E-state index is 0.661. The lowest BCUT2D eigenvalue weighted by atomic mass is 9.84. The fourth-order valence-electron chi connectivity index (χ4n) is 6.74. The van der Waals surface area contributed by atoms with Crippen molar-refractivity contribution >= 4 is 49.3 Å². The molecule has 0 bridgehead atoms. The first-order valence-electron chi connectivity index (χ1n) is 14.1. The fraction of sp³-hybridized carbons (Fsp3) is 0.105. The highest BCUT2D eigenvalue weighted by Gasteiger charge is 2.26. The highest BCUT2D eigenvalue weighted by Crippen LogP contribution is 2.37. The molecule has 0 aliphatic heterocycles. The van der Waals surface area contributed by atoms with Gasteiger partial charge in [-0.05, 0) is 87.5 Å². The van der Waals surface area contributed by atoms with Gasteiger partial charge in [0.15, 0.2) is 0 Å². The van der Waals surface area contributed by atoms with Crippen molar-refractivity contribution in [3.8, 4) is 5.69 Å². The molecule has 6 aromatic carbocycles. The Labute approximate surface area is 234 Å². The molecule has 0 spiro atoms. The van der Waals surface area contributed by atoms with Crippen molar-refractivity contribution in [3.05, 3.63) is 144 Å². The molecule has 40 heavy (non-hydrogen) atoms. The highest BCUT2D eigenvalue weighted by molar-refractivity contribution is 6.17. The van der Waals surface area contributed by atoms with Crippen molar-refractivity contribution in [2.75, 3.05) is 0 Å². The van der Waals surface area contributed by atoms with Crippen LogP contribution in [-0.2, 0) is 12.0 Å². The molecule has 1 heterocycles. The molecule has 1 aromatic heterocycles. The number of rotatable bonds is 3. The molecular formula is C38H30N2. The number of nitrogens with zero attached hydrogens (tertiary/aromatic N) is 1. The molecule has 0 fully saturated rings. The van der Waals surface area contributed by atoms with Gasteiger partial charge in [0.05, 0.1) is 11.1 Å². The number of allylic oxidation sites excluding steroid dienone is 1. The molecule has 2 nitrogen and oxygen atoms in total. The summed E-state index contributed by atoms with van der Waals surface area (Å²) in [6, 6.07) is 41.8. The van der Waals surface area contributed by atoms with Gasteiger partial charge in [-0.15, -0.1) is 0 Å². The molecule has 7 aromatic rings. The predicted octanol–water partition coefficient (Wildman–Crippen LogP) is 9.27. The number of benzene rings is 6. The second-order valence-corrected chi connectivity index (χ2v) is 11.3. The summed E-state index contributed by atoms with van der Waals surface area (Å²) in [4.78, 5) is 0. The van der Waals surface area contributed by atoms with Crippen molar-refractivity contribution in [2.24, 2.45) is 5.73 Å². The number of hydrogen-bond acceptors (Lipinski definition) is 1. The van der Waals surface area contributed by atoms with E-state index >= 15 is 0 Å². The Bertz CT molecular complexity index is 2140. The Hall–Kier alpha value is -4.66.